The molecule has 0 aromatic rings. The molecule has 0 bridgehead atoms. The van der Waals surface area contributed by atoms with E-state index in [9.17, 15) is 0 Å². The summed E-state index contributed by atoms with van der Waals surface area (Å²) < 4.78 is 5.65. The number of ether oxygens (including phenoxy) is 1. The van der Waals surface area contributed by atoms with Gasteiger partial charge in [0.15, 0.2) is 0 Å². The van der Waals surface area contributed by atoms with Gasteiger partial charge in [-0.1, -0.05) is 78.1 Å². The number of hydrogen-bond acceptors (Lipinski definition) is 1. The van der Waals surface area contributed by atoms with Crippen molar-refractivity contribution in [2.24, 2.45) is 5.92 Å². The Labute approximate surface area is 122 Å². The average molecular weight is 271 g/mol. The Kier molecular flexibility index (Phi) is 16.0. The Hall–Kier alpha value is -0.0400. The summed E-state index contributed by atoms with van der Waals surface area (Å²) in [5.41, 5.74) is 0. The fourth-order valence-electron chi connectivity index (χ4n) is 2.67. The normalized spacial score (nSPS) is 12.8. The minimum Gasteiger partial charge on any atom is -0.381 e. The monoisotopic (exact) mass is 270 g/mol. The van der Waals surface area contributed by atoms with Crippen molar-refractivity contribution in [2.45, 2.75) is 97.8 Å². The van der Waals surface area contributed by atoms with E-state index in [0.29, 0.717) is 0 Å². The third-order valence-electron chi connectivity index (χ3n) is 3.99. The first-order chi connectivity index (χ1) is 9.35. The molecular formula is C18H38O. The van der Waals surface area contributed by atoms with Gasteiger partial charge in [-0.2, -0.15) is 0 Å². The molecule has 0 aromatic carbocycles. The van der Waals surface area contributed by atoms with Gasteiger partial charge in [0, 0.05) is 13.2 Å². The molecule has 0 heterocycles. The van der Waals surface area contributed by atoms with Gasteiger partial charge in [0.2, 0.25) is 0 Å². The largest absolute Gasteiger partial charge is 0.381 e. The van der Waals surface area contributed by atoms with Gasteiger partial charge in [-0.05, 0) is 25.7 Å². The smallest absolute Gasteiger partial charge is 0.0494 e. The van der Waals surface area contributed by atoms with Crippen molar-refractivity contribution < 1.29 is 4.74 Å². The van der Waals surface area contributed by atoms with Crippen LogP contribution >= 0.6 is 0 Å². The van der Waals surface area contributed by atoms with Crippen molar-refractivity contribution in [1.29, 1.82) is 0 Å². The molecule has 0 rings (SSSR count). The first-order valence-electron chi connectivity index (χ1n) is 8.92. The molecule has 1 unspecified atom stereocenters. The maximum absolute atomic E-state index is 5.65. The van der Waals surface area contributed by atoms with Crippen LogP contribution < -0.4 is 0 Å². The zero-order valence-corrected chi connectivity index (χ0v) is 13.9. The van der Waals surface area contributed by atoms with E-state index in [0.717, 1.165) is 19.1 Å². The number of unbranched alkanes of at least 4 members (excludes halogenated alkanes) is 8. The van der Waals surface area contributed by atoms with E-state index < -0.39 is 0 Å². The Bertz CT molecular complexity index is 156. The van der Waals surface area contributed by atoms with Crippen molar-refractivity contribution in [3.63, 3.8) is 0 Å². The zero-order chi connectivity index (χ0) is 14.2. The van der Waals surface area contributed by atoms with E-state index in [1.54, 1.807) is 0 Å². The molecule has 19 heavy (non-hydrogen) atoms. The van der Waals surface area contributed by atoms with Crippen LogP contribution in [0.3, 0.4) is 0 Å². The van der Waals surface area contributed by atoms with Crippen LogP contribution in [0, 0.1) is 5.92 Å². The molecule has 1 atom stereocenters. The van der Waals surface area contributed by atoms with Gasteiger partial charge in [0.1, 0.15) is 0 Å². The highest BCUT2D eigenvalue weighted by Gasteiger charge is 2.08. The first-order valence-corrected chi connectivity index (χ1v) is 8.92. The van der Waals surface area contributed by atoms with E-state index >= 15 is 0 Å². The summed E-state index contributed by atoms with van der Waals surface area (Å²) in [7, 11) is 0. The molecule has 0 aromatic heterocycles. The van der Waals surface area contributed by atoms with Crippen LogP contribution in [-0.4, -0.2) is 13.2 Å². The van der Waals surface area contributed by atoms with Gasteiger partial charge in [-0.15, -0.1) is 0 Å². The fourth-order valence-corrected chi connectivity index (χ4v) is 2.67. The van der Waals surface area contributed by atoms with Gasteiger partial charge in [-0.25, -0.2) is 0 Å². The highest BCUT2D eigenvalue weighted by atomic mass is 16.5. The van der Waals surface area contributed by atoms with E-state index in [4.69, 9.17) is 4.74 Å². The van der Waals surface area contributed by atoms with Gasteiger partial charge >= 0.3 is 0 Å². The third kappa shape index (κ3) is 14.2. The van der Waals surface area contributed by atoms with Gasteiger partial charge in [0.25, 0.3) is 0 Å². The van der Waals surface area contributed by atoms with E-state index in [1.165, 1.54) is 77.0 Å². The van der Waals surface area contributed by atoms with Crippen LogP contribution in [0.1, 0.15) is 97.8 Å². The van der Waals surface area contributed by atoms with E-state index in [2.05, 4.69) is 20.8 Å². The van der Waals surface area contributed by atoms with Crippen LogP contribution in [0.4, 0.5) is 0 Å². The summed E-state index contributed by atoms with van der Waals surface area (Å²) in [5, 5.41) is 0. The molecule has 0 saturated heterocycles. The molecule has 116 valence electrons. The molecule has 0 aliphatic heterocycles. The van der Waals surface area contributed by atoms with Gasteiger partial charge in [-0.3, -0.25) is 0 Å². The summed E-state index contributed by atoms with van der Waals surface area (Å²) >= 11 is 0. The minimum absolute atomic E-state index is 0.822. The Morgan fingerprint density at radius 2 is 1.11 bits per heavy atom. The second-order valence-corrected chi connectivity index (χ2v) is 5.93. The Morgan fingerprint density at radius 3 is 1.63 bits per heavy atom. The summed E-state index contributed by atoms with van der Waals surface area (Å²) in [4.78, 5) is 0. The SMILES string of the molecule is CCCCCCCCC(CCCCCC)COCC. The molecule has 0 radical (unpaired) electrons. The Balaban J connectivity index is 3.55. The summed E-state index contributed by atoms with van der Waals surface area (Å²) in [6.07, 6.45) is 16.8. The fraction of sp³-hybridized carbons (Fsp3) is 1.00. The lowest BCUT2D eigenvalue weighted by atomic mass is 9.95. The highest BCUT2D eigenvalue weighted by Crippen LogP contribution is 2.19. The van der Waals surface area contributed by atoms with Gasteiger partial charge in [0.05, 0.1) is 0 Å². The number of hydrogen-bond donors (Lipinski definition) is 0. The lowest BCUT2D eigenvalue weighted by molar-refractivity contribution is 0.101. The van der Waals surface area contributed by atoms with E-state index in [1.807, 2.05) is 0 Å². The van der Waals surface area contributed by atoms with Crippen molar-refractivity contribution in [1.82, 2.24) is 0 Å². The summed E-state index contributed by atoms with van der Waals surface area (Å²) in [5.74, 6) is 0.822. The standard InChI is InChI=1S/C18H38O/c1-4-7-9-11-12-14-16-18(17-19-6-3)15-13-10-8-5-2/h18H,4-17H2,1-3H3. The molecule has 0 amide bonds. The van der Waals surface area contributed by atoms with Crippen LogP contribution in [0.2, 0.25) is 0 Å². The second kappa shape index (κ2) is 16.0. The molecule has 1 nitrogen and oxygen atoms in total. The van der Waals surface area contributed by atoms with Crippen molar-refractivity contribution in [2.75, 3.05) is 13.2 Å². The second-order valence-electron chi connectivity index (χ2n) is 5.93. The van der Waals surface area contributed by atoms with E-state index in [-0.39, 0.29) is 0 Å². The molecule has 0 aliphatic rings. The molecule has 0 N–H and O–H groups in total. The maximum Gasteiger partial charge on any atom is 0.0494 e. The predicted molar refractivity (Wildman–Crippen MR) is 86.7 cm³/mol. The van der Waals surface area contributed by atoms with Crippen LogP contribution in [0.5, 0.6) is 0 Å². The maximum atomic E-state index is 5.65. The zero-order valence-electron chi connectivity index (χ0n) is 13.9. The minimum atomic E-state index is 0.822. The van der Waals surface area contributed by atoms with Crippen molar-refractivity contribution >= 4 is 0 Å². The molecular weight excluding hydrogens is 232 g/mol. The highest BCUT2D eigenvalue weighted by molar-refractivity contribution is 4.60. The molecule has 0 fully saturated rings. The lowest BCUT2D eigenvalue weighted by Crippen LogP contribution is -2.10. The van der Waals surface area contributed by atoms with Gasteiger partial charge < -0.3 is 4.74 Å². The first kappa shape index (κ1) is 19.0. The topological polar surface area (TPSA) is 9.23 Å². The van der Waals surface area contributed by atoms with Crippen molar-refractivity contribution in [3.8, 4) is 0 Å². The Morgan fingerprint density at radius 1 is 0.632 bits per heavy atom. The molecule has 0 saturated carbocycles. The van der Waals surface area contributed by atoms with Crippen LogP contribution in [0.15, 0.2) is 0 Å². The number of rotatable bonds is 15. The molecule has 0 aliphatic carbocycles. The average Bonchev–Trinajstić information content (AvgIpc) is 2.43. The van der Waals surface area contributed by atoms with Crippen LogP contribution in [-0.2, 0) is 4.74 Å². The summed E-state index contributed by atoms with van der Waals surface area (Å²) in [6.45, 7) is 8.56. The summed E-state index contributed by atoms with van der Waals surface area (Å²) in [6, 6.07) is 0. The lowest BCUT2D eigenvalue weighted by Gasteiger charge is -2.16. The third-order valence-corrected chi connectivity index (χ3v) is 3.99. The molecule has 1 heteroatoms. The molecule has 0 spiro atoms. The predicted octanol–water partition coefficient (Wildman–Crippen LogP) is 6.36. The quantitative estimate of drug-likeness (QED) is 0.315. The van der Waals surface area contributed by atoms with Crippen LogP contribution in [0.25, 0.3) is 0 Å². The van der Waals surface area contributed by atoms with Crippen molar-refractivity contribution in [3.05, 3.63) is 0 Å².